The molecule has 24 heavy (non-hydrogen) atoms. The van der Waals surface area contributed by atoms with Gasteiger partial charge in [-0.15, -0.1) is 5.56 Å². The van der Waals surface area contributed by atoms with Gasteiger partial charge in [0.2, 0.25) is 0 Å². The number of aliphatic hydroxyl groups excluding tert-OH is 1. The van der Waals surface area contributed by atoms with Gasteiger partial charge in [-0.25, -0.2) is 0 Å². The molecular formula is C17H16BrFmKNO3-. The summed E-state index contributed by atoms with van der Waals surface area (Å²) in [7, 11) is 1.00. The molecule has 1 unspecified atom stereocenters. The number of hydrogen-bond acceptors (Lipinski definition) is 3. The van der Waals surface area contributed by atoms with Crippen LogP contribution in [0, 0.1) is 6.07 Å². The fourth-order valence-corrected chi connectivity index (χ4v) is 2.13. The van der Waals surface area contributed by atoms with Crippen LogP contribution in [-0.4, -0.2) is 31.0 Å². The van der Waals surface area contributed by atoms with Crippen LogP contribution in [0.1, 0.15) is 5.56 Å². The van der Waals surface area contributed by atoms with E-state index in [-0.39, 0.29) is 51.4 Å². The number of aldehydes is 1. The number of benzene rings is 2. The summed E-state index contributed by atoms with van der Waals surface area (Å²) in [6.45, 7) is 0. The third-order valence-corrected chi connectivity index (χ3v) is 3.42. The standard InChI is InChI=1S/C16H12BrNO2.CH4O.Fm.K/c17-15-7-5-14(6-8-15)13-3-1-12(2-4-13)9-16(10-19)18-11-20;1-2;;/h1-7,10,16H,9H2,(H,18,20);2H,1H3;;/q-2;;;+1. The van der Waals surface area contributed by atoms with E-state index in [0.29, 0.717) is 12.7 Å². The van der Waals surface area contributed by atoms with Crippen molar-refractivity contribution in [3.63, 3.8) is 0 Å². The Balaban J connectivity index is 0. The minimum Gasteiger partial charge on any atom is -0.521 e. The number of carbonyl (C=O) groups is 1. The monoisotopic (exact) mass is 657 g/mol. The molecule has 2 aromatic carbocycles. The Morgan fingerprint density at radius 3 is 2.25 bits per heavy atom. The van der Waals surface area contributed by atoms with Crippen molar-refractivity contribution in [3.05, 3.63) is 58.6 Å². The van der Waals surface area contributed by atoms with Crippen molar-refractivity contribution in [1.29, 1.82) is 0 Å². The Kier molecular flexibility index (Phi) is 14.6. The topological polar surface area (TPSA) is 66.4 Å². The average molecular weight is 658 g/mol. The first kappa shape index (κ1) is 24.9. The summed E-state index contributed by atoms with van der Waals surface area (Å²) in [5.41, 5.74) is 3.13. The Bertz CT molecular complexity index is 594. The molecule has 7 heteroatoms. The molecular weight excluding hydrogens is 642 g/mol. The maximum absolute atomic E-state index is 10.8. The van der Waals surface area contributed by atoms with Crippen LogP contribution in [-0.2, 0) is 16.0 Å². The van der Waals surface area contributed by atoms with Crippen LogP contribution in [0.5, 0.6) is 0 Å². The molecule has 0 bridgehead atoms. The second-order valence-corrected chi connectivity index (χ2v) is 5.17. The van der Waals surface area contributed by atoms with Gasteiger partial charge in [-0.1, -0.05) is 50.2 Å². The van der Waals surface area contributed by atoms with Gasteiger partial charge in [0.25, 0.3) is 0 Å². The summed E-state index contributed by atoms with van der Waals surface area (Å²) in [4.78, 5) is 21.0. The van der Waals surface area contributed by atoms with Crippen LogP contribution < -0.4 is 56.7 Å². The van der Waals surface area contributed by atoms with E-state index < -0.39 is 6.04 Å². The van der Waals surface area contributed by atoms with Crippen LogP contribution in [0.4, 0.5) is 0 Å². The first-order chi connectivity index (χ1) is 10.7. The largest absolute Gasteiger partial charge is 1.00 e. The smallest absolute Gasteiger partial charge is 0.521 e. The summed E-state index contributed by atoms with van der Waals surface area (Å²) in [5.74, 6) is 0. The number of amides is 1. The van der Waals surface area contributed by atoms with Crippen LogP contribution >= 0.6 is 15.9 Å². The summed E-state index contributed by atoms with van der Waals surface area (Å²) in [6, 6.07) is 16.3. The molecule has 4 nitrogen and oxygen atoms in total. The predicted octanol–water partition coefficient (Wildman–Crippen LogP) is -0.704. The number of aliphatic hydroxyl groups is 1. The minimum absolute atomic E-state index is 0. The molecule has 2 aromatic rings. The van der Waals surface area contributed by atoms with Crippen molar-refractivity contribution >= 4 is 28.6 Å². The maximum Gasteiger partial charge on any atom is 1.00 e. The Morgan fingerprint density at radius 1 is 1.21 bits per heavy atom. The molecule has 128 valence electrons. The molecule has 1 amide bonds. The van der Waals surface area contributed by atoms with Gasteiger partial charge >= 0.3 is 51.4 Å². The third-order valence-electron chi connectivity index (χ3n) is 2.93. The molecule has 0 spiro atoms. The number of hydrogen-bond donors (Lipinski definition) is 2. The van der Waals surface area contributed by atoms with E-state index in [2.05, 4.69) is 27.3 Å². The fourth-order valence-electron chi connectivity index (χ4n) is 1.88. The molecule has 0 heterocycles. The average Bonchev–Trinajstić information content (AvgIpc) is 2.58. The second kappa shape index (κ2) is 14.0. The van der Waals surface area contributed by atoms with Gasteiger partial charge in [0.05, 0.1) is 6.04 Å². The molecule has 0 aromatic heterocycles. The summed E-state index contributed by atoms with van der Waals surface area (Å²) < 4.78 is 0.919. The van der Waals surface area contributed by atoms with Gasteiger partial charge in [0, 0.05) is 7.11 Å². The second-order valence-electron chi connectivity index (χ2n) is 4.32. The maximum atomic E-state index is 10.8. The minimum atomic E-state index is -0.528. The zero-order valence-corrected chi connectivity index (χ0v) is 20.4. The normalized spacial score (nSPS) is 9.96. The molecule has 2 N–H and O–H groups in total. The molecule has 0 saturated carbocycles. The van der Waals surface area contributed by atoms with E-state index in [1.54, 1.807) is 6.41 Å². The van der Waals surface area contributed by atoms with Crippen molar-refractivity contribution < 1.29 is 66.1 Å². The quantitative estimate of drug-likeness (QED) is 0.187. The first-order valence-electron chi connectivity index (χ1n) is 6.52. The van der Waals surface area contributed by atoms with E-state index >= 15 is 0 Å². The van der Waals surface area contributed by atoms with Gasteiger partial charge in [-0.05, 0) is 12.0 Å². The molecule has 0 aliphatic heterocycles. The summed E-state index contributed by atoms with van der Waals surface area (Å²) >= 11 is 3.35. The van der Waals surface area contributed by atoms with Crippen molar-refractivity contribution in [3.8, 4) is 11.1 Å². The van der Waals surface area contributed by atoms with Crippen LogP contribution in [0.3, 0.4) is 0 Å². The molecule has 2 rings (SSSR count). The van der Waals surface area contributed by atoms with Crippen LogP contribution in [0.25, 0.3) is 11.1 Å². The number of halogens is 1. The molecule has 0 saturated heterocycles. The van der Waals surface area contributed by atoms with E-state index in [0.717, 1.165) is 28.3 Å². The van der Waals surface area contributed by atoms with Gasteiger partial charge < -0.3 is 20.0 Å². The summed E-state index contributed by atoms with van der Waals surface area (Å²) in [5, 5.41) is 9.35. The van der Waals surface area contributed by atoms with E-state index in [1.807, 2.05) is 42.5 Å². The SMILES string of the molecule is CO.O=[C-]NC(C=O)Cc1ccc(-c2c[c-]c(Br)cc2)cc1.[Fm].[K+]. The Hall–Kier alpha value is -1.34. The molecule has 0 radical (unpaired) electrons. The Morgan fingerprint density at radius 2 is 1.79 bits per heavy atom. The summed E-state index contributed by atoms with van der Waals surface area (Å²) in [6.07, 6.45) is 2.72. The molecule has 0 fully saturated rings. The van der Waals surface area contributed by atoms with Crippen LogP contribution in [0.2, 0.25) is 0 Å². The van der Waals surface area contributed by atoms with E-state index in [9.17, 15) is 9.59 Å². The number of carbonyl (C=O) groups excluding carboxylic acids is 2. The van der Waals surface area contributed by atoms with Crippen molar-refractivity contribution in [1.82, 2.24) is 5.32 Å². The Labute approximate surface area is 187 Å². The zero-order chi connectivity index (χ0) is 16.4. The fraction of sp³-hybridized carbons (Fsp3) is 0.176. The number of rotatable bonds is 6. The van der Waals surface area contributed by atoms with Gasteiger partial charge in [0.1, 0.15) is 6.29 Å². The first-order valence-corrected chi connectivity index (χ1v) is 7.31. The zero-order valence-electron chi connectivity index (χ0n) is 13.3. The van der Waals surface area contributed by atoms with Crippen molar-refractivity contribution in [2.24, 2.45) is 0 Å². The predicted molar refractivity (Wildman–Crippen MR) is 88.9 cm³/mol. The van der Waals surface area contributed by atoms with Gasteiger partial charge in [0.15, 0.2) is 0 Å². The van der Waals surface area contributed by atoms with Gasteiger partial charge in [-0.2, -0.15) is 30.7 Å². The van der Waals surface area contributed by atoms with E-state index in [1.165, 1.54) is 0 Å². The molecule has 1 atom stereocenters. The van der Waals surface area contributed by atoms with Crippen LogP contribution in [0.15, 0.2) is 46.9 Å². The molecule has 0 aliphatic carbocycles. The molecule has 0 aliphatic rings. The van der Waals surface area contributed by atoms with E-state index in [4.69, 9.17) is 5.11 Å². The third kappa shape index (κ3) is 7.96. The number of nitrogens with one attached hydrogen (secondary N) is 1. The van der Waals surface area contributed by atoms with Crippen molar-refractivity contribution in [2.45, 2.75) is 12.5 Å². The van der Waals surface area contributed by atoms with Gasteiger partial charge in [-0.3, -0.25) is 0 Å². The van der Waals surface area contributed by atoms with Crippen molar-refractivity contribution in [2.75, 3.05) is 7.11 Å².